The van der Waals surface area contributed by atoms with Gasteiger partial charge >= 0.3 is 0 Å². The summed E-state index contributed by atoms with van der Waals surface area (Å²) in [5.41, 5.74) is 1.28. The molecule has 0 spiro atoms. The van der Waals surface area contributed by atoms with Crippen molar-refractivity contribution in [1.29, 1.82) is 0 Å². The van der Waals surface area contributed by atoms with E-state index < -0.39 is 16.4 Å². The van der Waals surface area contributed by atoms with Crippen LogP contribution in [0, 0.1) is 0 Å². The normalized spacial score (nSPS) is 14.4. The van der Waals surface area contributed by atoms with E-state index >= 15 is 0 Å². The van der Waals surface area contributed by atoms with Gasteiger partial charge in [-0.3, -0.25) is 0 Å². The quantitative estimate of drug-likeness (QED) is 0.220. The van der Waals surface area contributed by atoms with Crippen LogP contribution in [0.5, 0.6) is 0 Å². The molecule has 1 nitrogen and oxygen atoms in total. The molecule has 0 aliphatic rings. The van der Waals surface area contributed by atoms with Crippen molar-refractivity contribution in [2.75, 3.05) is 0 Å². The van der Waals surface area contributed by atoms with Gasteiger partial charge in [-0.15, -0.1) is 6.58 Å². The zero-order valence-electron chi connectivity index (χ0n) is 18.2. The van der Waals surface area contributed by atoms with E-state index in [-0.39, 0.29) is 6.10 Å². The van der Waals surface area contributed by atoms with Gasteiger partial charge in [-0.25, -0.2) is 0 Å². The van der Waals surface area contributed by atoms with Crippen molar-refractivity contribution in [2.24, 2.45) is 0 Å². The second-order valence-electron chi connectivity index (χ2n) is 7.59. The Bertz CT molecular complexity index is 415. The van der Waals surface area contributed by atoms with Gasteiger partial charge in [-0.2, -0.15) is 0 Å². The maximum absolute atomic E-state index is 6.85. The third-order valence-electron chi connectivity index (χ3n) is 6.32. The first-order chi connectivity index (χ1) is 11.8. The van der Waals surface area contributed by atoms with Crippen molar-refractivity contribution in [2.45, 2.75) is 104 Å². The van der Waals surface area contributed by atoms with Crippen LogP contribution in [0.1, 0.15) is 61.3 Å². The molecule has 1 atom stereocenters. The summed E-state index contributed by atoms with van der Waals surface area (Å²) in [5.74, 6) is 0. The maximum atomic E-state index is 6.85. The van der Waals surface area contributed by atoms with E-state index in [4.69, 9.17) is 4.43 Å². The average Bonchev–Trinajstić information content (AvgIpc) is 2.61. The highest BCUT2D eigenvalue weighted by Crippen LogP contribution is 2.34. The summed E-state index contributed by atoms with van der Waals surface area (Å²) in [6.45, 7) is 24.5. The predicted molar refractivity (Wildman–Crippen MR) is 122 cm³/mol. The minimum atomic E-state index is -1.61. The molecule has 25 heavy (non-hydrogen) atoms. The van der Waals surface area contributed by atoms with Crippen LogP contribution in [0.4, 0.5) is 0 Å². The van der Waals surface area contributed by atoms with Crippen LogP contribution in [0.3, 0.4) is 0 Å². The molecule has 0 amide bonds. The SMILES string of the molecule is C=CCC(/C=C(\CC(=C)C)[Si](CC)(CC)CC)O[Si](CC)(CC)CC. The molecule has 0 bridgehead atoms. The Balaban J connectivity index is 5.91. The van der Waals surface area contributed by atoms with Crippen LogP contribution in [-0.4, -0.2) is 22.5 Å². The molecule has 0 heterocycles. The highest BCUT2D eigenvalue weighted by atomic mass is 28.4. The smallest absolute Gasteiger partial charge is 0.192 e. The summed E-state index contributed by atoms with van der Waals surface area (Å²) < 4.78 is 6.85. The molecule has 146 valence electrons. The lowest BCUT2D eigenvalue weighted by Crippen LogP contribution is -2.41. The number of allylic oxidation sites excluding steroid dienone is 2. The number of rotatable bonds is 14. The Morgan fingerprint density at radius 3 is 1.72 bits per heavy atom. The fourth-order valence-electron chi connectivity index (χ4n) is 4.04. The van der Waals surface area contributed by atoms with Gasteiger partial charge in [0.15, 0.2) is 8.32 Å². The molecule has 0 aromatic rings. The summed E-state index contributed by atoms with van der Waals surface area (Å²) >= 11 is 0. The average molecular weight is 381 g/mol. The summed E-state index contributed by atoms with van der Waals surface area (Å²) in [5, 5.41) is 1.67. The van der Waals surface area contributed by atoms with Gasteiger partial charge in [0.1, 0.15) is 0 Å². The lowest BCUT2D eigenvalue weighted by molar-refractivity contribution is 0.235. The van der Waals surface area contributed by atoms with Crippen molar-refractivity contribution < 1.29 is 4.43 Å². The Morgan fingerprint density at radius 2 is 1.40 bits per heavy atom. The largest absolute Gasteiger partial charge is 0.410 e. The first kappa shape index (κ1) is 24.6. The van der Waals surface area contributed by atoms with Crippen LogP contribution in [0.2, 0.25) is 36.3 Å². The minimum Gasteiger partial charge on any atom is -0.410 e. The van der Waals surface area contributed by atoms with E-state index in [0.717, 1.165) is 12.8 Å². The molecule has 0 aliphatic carbocycles. The van der Waals surface area contributed by atoms with E-state index in [1.807, 2.05) is 6.08 Å². The van der Waals surface area contributed by atoms with Crippen molar-refractivity contribution >= 4 is 16.4 Å². The van der Waals surface area contributed by atoms with Crippen LogP contribution >= 0.6 is 0 Å². The van der Waals surface area contributed by atoms with Gasteiger partial charge in [0.2, 0.25) is 0 Å². The molecule has 0 aromatic heterocycles. The van der Waals surface area contributed by atoms with E-state index in [2.05, 4.69) is 67.7 Å². The number of hydrogen-bond acceptors (Lipinski definition) is 1. The molecule has 0 rings (SSSR count). The Morgan fingerprint density at radius 1 is 0.920 bits per heavy atom. The predicted octanol–water partition coefficient (Wildman–Crippen LogP) is 7.89. The summed E-state index contributed by atoms with van der Waals surface area (Å²) in [6.07, 6.45) is 6.73. The molecule has 0 aromatic carbocycles. The lowest BCUT2D eigenvalue weighted by Gasteiger charge is -2.36. The van der Waals surface area contributed by atoms with Crippen LogP contribution in [0.15, 0.2) is 36.1 Å². The second-order valence-corrected chi connectivity index (χ2v) is 17.6. The topological polar surface area (TPSA) is 9.23 Å². The summed E-state index contributed by atoms with van der Waals surface area (Å²) in [7, 11) is -3.02. The van der Waals surface area contributed by atoms with E-state index in [0.29, 0.717) is 0 Å². The highest BCUT2D eigenvalue weighted by Gasteiger charge is 2.34. The third kappa shape index (κ3) is 7.03. The highest BCUT2D eigenvalue weighted by molar-refractivity contribution is 6.86. The van der Waals surface area contributed by atoms with E-state index in [1.165, 1.54) is 41.8 Å². The van der Waals surface area contributed by atoms with Gasteiger partial charge < -0.3 is 4.43 Å². The van der Waals surface area contributed by atoms with Gasteiger partial charge in [-0.1, -0.05) is 89.2 Å². The molecular weight excluding hydrogens is 336 g/mol. The monoisotopic (exact) mass is 380 g/mol. The fourth-order valence-corrected chi connectivity index (χ4v) is 10.9. The summed E-state index contributed by atoms with van der Waals surface area (Å²) in [6, 6.07) is 7.56. The number of hydrogen-bond donors (Lipinski definition) is 0. The van der Waals surface area contributed by atoms with E-state index in [9.17, 15) is 0 Å². The maximum Gasteiger partial charge on any atom is 0.192 e. The van der Waals surface area contributed by atoms with Crippen molar-refractivity contribution in [1.82, 2.24) is 0 Å². The third-order valence-corrected chi connectivity index (χ3v) is 16.8. The van der Waals surface area contributed by atoms with Gasteiger partial charge in [0.05, 0.1) is 14.2 Å². The van der Waals surface area contributed by atoms with Crippen molar-refractivity contribution in [3.8, 4) is 0 Å². The first-order valence-corrected chi connectivity index (χ1v) is 15.6. The minimum absolute atomic E-state index is 0.204. The Hall–Kier alpha value is -0.386. The molecule has 0 aliphatic heterocycles. The van der Waals surface area contributed by atoms with Crippen molar-refractivity contribution in [3.05, 3.63) is 36.1 Å². The summed E-state index contributed by atoms with van der Waals surface area (Å²) in [4.78, 5) is 0. The van der Waals surface area contributed by atoms with Gasteiger partial charge in [0, 0.05) is 0 Å². The molecular formula is C22H44OSi2. The zero-order chi connectivity index (χ0) is 19.5. The Labute approximate surface area is 160 Å². The lowest BCUT2D eigenvalue weighted by atomic mass is 10.2. The van der Waals surface area contributed by atoms with Crippen molar-refractivity contribution in [3.63, 3.8) is 0 Å². The van der Waals surface area contributed by atoms with Gasteiger partial charge in [-0.05, 0) is 37.9 Å². The molecule has 0 saturated carbocycles. The second kappa shape index (κ2) is 12.1. The van der Waals surface area contributed by atoms with Crippen LogP contribution in [-0.2, 0) is 4.43 Å². The molecule has 1 unspecified atom stereocenters. The first-order valence-electron chi connectivity index (χ1n) is 10.5. The fraction of sp³-hybridized carbons (Fsp3) is 0.727. The molecule has 0 fully saturated rings. The van der Waals surface area contributed by atoms with E-state index in [1.54, 1.807) is 5.20 Å². The molecule has 0 radical (unpaired) electrons. The zero-order valence-corrected chi connectivity index (χ0v) is 20.2. The molecule has 3 heteroatoms. The Kier molecular flexibility index (Phi) is 11.9. The van der Waals surface area contributed by atoms with Crippen LogP contribution < -0.4 is 0 Å². The molecule has 0 saturated heterocycles. The standard InChI is InChI=1S/C22H44OSi2/c1-10-17-21(23-25(14-5,15-6)16-7)19-22(18-20(8)9)24(11-2,12-3)13-4/h10,19,21H,1,8,11-18H2,2-7,9H3/b22-19+. The van der Waals surface area contributed by atoms with Crippen LogP contribution in [0.25, 0.3) is 0 Å². The van der Waals surface area contributed by atoms with Gasteiger partial charge in [0.25, 0.3) is 0 Å². The molecule has 0 N–H and O–H groups in total.